The van der Waals surface area contributed by atoms with Gasteiger partial charge in [0.2, 0.25) is 44.2 Å². The predicted octanol–water partition coefficient (Wildman–Crippen LogP) is -5.40. The lowest BCUT2D eigenvalue weighted by atomic mass is 9.77. The lowest BCUT2D eigenvalue weighted by Crippen LogP contribution is -2.49. The van der Waals surface area contributed by atoms with Crippen LogP contribution in [-0.2, 0) is 73.0 Å². The normalized spacial score (nSPS) is 15.9. The maximum absolute atomic E-state index is 12.6. The summed E-state index contributed by atoms with van der Waals surface area (Å²) >= 11 is 0. The molecule has 0 amide bonds. The minimum absolute atomic E-state index is 0.832. The van der Waals surface area contributed by atoms with Gasteiger partial charge in [-0.15, -0.1) is 0 Å². The molecule has 0 aromatic rings. The van der Waals surface area contributed by atoms with E-state index in [2.05, 4.69) is 0 Å². The first-order valence-corrected chi connectivity index (χ1v) is 50.9. The zero-order valence-electron chi connectivity index (χ0n) is 46.5. The molecule has 0 aliphatic rings. The molecule has 0 heterocycles. The van der Waals surface area contributed by atoms with Gasteiger partial charge in [-0.3, -0.25) is 92.6 Å². The first-order valence-electron chi connectivity index (χ1n) is 24.0. The highest BCUT2D eigenvalue weighted by atomic mass is 31.3. The van der Waals surface area contributed by atoms with Crippen LogP contribution >= 0.6 is 122 Å². The van der Waals surface area contributed by atoms with Crippen molar-refractivity contribution in [3.8, 4) is 0 Å². The topological polar surface area (TPSA) is 985 Å². The molecule has 0 unspecified atom stereocenters. The van der Waals surface area contributed by atoms with E-state index in [4.69, 9.17) is 11.5 Å². The zero-order valence-corrected chi connectivity index (χ0v) is 60.8. The van der Waals surface area contributed by atoms with Crippen LogP contribution in [-0.4, -0.2) is 258 Å². The number of hydrogen-bond donors (Lipinski definition) is 34. The van der Waals surface area contributed by atoms with Crippen LogP contribution in [0.1, 0.15) is 64.2 Å². The van der Waals surface area contributed by atoms with Gasteiger partial charge in [0, 0.05) is 37.3 Å². The third kappa shape index (κ3) is 30.0. The molecule has 0 radical (unpaired) electrons. The van der Waals surface area contributed by atoms with Gasteiger partial charge in [0.15, 0.2) is 0 Å². The van der Waals surface area contributed by atoms with Gasteiger partial charge in [-0.1, -0.05) is 0 Å². The van der Waals surface area contributed by atoms with Crippen molar-refractivity contribution in [3.05, 3.63) is 0 Å². The van der Waals surface area contributed by atoms with Gasteiger partial charge in [-0.2, -0.15) is 0 Å². The highest BCUT2D eigenvalue weighted by Gasteiger charge is 2.63. The van der Waals surface area contributed by atoms with Crippen LogP contribution in [0.3, 0.4) is 0 Å². The molecule has 0 atom stereocenters. The second-order valence-corrected chi connectivity index (χ2v) is 50.7. The molecule has 0 aliphatic heterocycles. The van der Waals surface area contributed by atoms with Crippen molar-refractivity contribution >= 4 is 122 Å². The summed E-state index contributed by atoms with van der Waals surface area (Å²) in [6.07, 6.45) is -13.6. The standard InChI is InChI=1S/C24H72N6O48P16/c25-23(5-1-11-27(15(79(31,32)33)80(34,35)36)16(81(37,38)39)82(40,41)42,6-2-12-28(17(83(43,44)45)84(46,47)48)18(85(49,50)51)86(52,53)54)9-10-24(26,7-3-13-29(19(87(55,56)57)88(58,59)60)20(89(61,62)63)90(64,65)66)8-4-14-30(21(91(67,68)69)92(70,71)72)22(93(73,74)75)94(76,77)78/h15-22H,1-14,25-26H2,(H2,31,32,33)(H2,34,35,36)(H2,37,38,39)(H2,40,41,42)(H2,43,44,45)(H2,46,47,48)(H2,49,50,51)(H2,52,53,54)(H2,55,56,57)(H2,58,59,60)(H2,61,62,63)(H2,64,65,66)(H2,67,68,69)(H2,70,71,72)(H2,73,74,75)(H2,76,77,78). The maximum atomic E-state index is 12.6. The molecule has 36 N–H and O–H groups in total. The van der Waals surface area contributed by atoms with Crippen LogP contribution < -0.4 is 11.5 Å². The van der Waals surface area contributed by atoms with Gasteiger partial charge in [0.1, 0.15) is 0 Å². The lowest BCUT2D eigenvalue weighted by Gasteiger charge is -2.41. The molecule has 54 nitrogen and oxygen atoms in total. The molecule has 70 heteroatoms. The van der Waals surface area contributed by atoms with Crippen molar-refractivity contribution in [1.29, 1.82) is 0 Å². The van der Waals surface area contributed by atoms with E-state index in [-0.39, 0.29) is 0 Å². The molecule has 0 saturated carbocycles. The Kier molecular flexibility index (Phi) is 33.6. The molecular weight excluding hydrogens is 1640 g/mol. The molecular formula is C24H72N6O48P16. The fourth-order valence-corrected chi connectivity index (χ4v) is 34.1. The first-order chi connectivity index (χ1) is 40.5. The van der Waals surface area contributed by atoms with Gasteiger partial charge >= 0.3 is 122 Å². The Morgan fingerprint density at radius 3 is 0.351 bits per heavy atom. The lowest BCUT2D eigenvalue weighted by molar-refractivity contribution is 0.168. The van der Waals surface area contributed by atoms with Crippen LogP contribution in [0, 0.1) is 0 Å². The summed E-state index contributed by atoms with van der Waals surface area (Å²) in [6.45, 7) is -7.48. The fourth-order valence-electron chi connectivity index (χ4n) is 9.76. The van der Waals surface area contributed by atoms with E-state index >= 15 is 0 Å². The number of hydrogen-bond acceptors (Lipinski definition) is 22. The van der Waals surface area contributed by atoms with E-state index in [0.29, 0.717) is 0 Å². The highest BCUT2D eigenvalue weighted by molar-refractivity contribution is 7.75. The van der Waals surface area contributed by atoms with Crippen LogP contribution in [0.4, 0.5) is 0 Å². The van der Waals surface area contributed by atoms with Crippen molar-refractivity contribution in [2.24, 2.45) is 11.5 Å². The number of nitrogens with zero attached hydrogens (tertiary/aromatic N) is 4. The number of nitrogens with two attached hydrogens (primary N) is 2. The van der Waals surface area contributed by atoms with E-state index < -0.39 is 287 Å². The van der Waals surface area contributed by atoms with Crippen LogP contribution in [0.25, 0.3) is 0 Å². The third-order valence-electron chi connectivity index (χ3n) is 12.7. The smallest absolute Gasteiger partial charge is 0.325 e. The SMILES string of the molecule is NC(CCCN(C(P(=O)(O)O)P(=O)(O)O)C(P(=O)(O)O)P(=O)(O)O)(CCCN(C(P(=O)(O)O)P(=O)(O)O)C(P(=O)(O)O)P(=O)(O)O)CCC(N)(CCCN(C(P(=O)(O)O)P(=O)(O)O)C(P(=O)(O)O)P(=O)(O)O)CCCN(C(P(=O)(O)O)P(=O)(O)O)C(P(=O)(O)O)P(=O)(O)O. The summed E-state index contributed by atoms with van der Waals surface area (Å²) in [4.78, 5) is 317. The quantitative estimate of drug-likeness (QED) is 0.0253. The average Bonchev–Trinajstić information content (AvgIpc) is 0.783. The van der Waals surface area contributed by atoms with E-state index in [1.54, 1.807) is 0 Å². The Balaban J connectivity index is 9.27. The van der Waals surface area contributed by atoms with Crippen molar-refractivity contribution in [1.82, 2.24) is 19.6 Å². The first kappa shape index (κ1) is 96.2. The third-order valence-corrected chi connectivity index (χ3v) is 41.5. The van der Waals surface area contributed by atoms with Crippen molar-refractivity contribution in [3.63, 3.8) is 0 Å². The summed E-state index contributed by atoms with van der Waals surface area (Å²) in [5, 5.41) is 0. The largest absolute Gasteiger partial charge is 0.355 e. The summed E-state index contributed by atoms with van der Waals surface area (Å²) in [6, 6.07) is 0. The van der Waals surface area contributed by atoms with Crippen LogP contribution in [0.5, 0.6) is 0 Å². The molecule has 0 aliphatic carbocycles. The summed E-state index contributed by atoms with van der Waals surface area (Å²) < 4.78 is 202. The molecule has 0 aromatic heterocycles. The molecule has 0 bridgehead atoms. The second kappa shape index (κ2) is 32.9. The minimum Gasteiger partial charge on any atom is -0.325 e. The van der Waals surface area contributed by atoms with Gasteiger partial charge in [-0.25, -0.2) is 0 Å². The predicted molar refractivity (Wildman–Crippen MR) is 310 cm³/mol. The van der Waals surface area contributed by atoms with Crippen molar-refractivity contribution in [2.75, 3.05) is 26.2 Å². The van der Waals surface area contributed by atoms with Gasteiger partial charge in [0.25, 0.3) is 0 Å². The fraction of sp³-hybridized carbons (Fsp3) is 1.00. The molecule has 566 valence electrons. The number of rotatable bonds is 43. The van der Waals surface area contributed by atoms with Crippen LogP contribution in [0.2, 0.25) is 0 Å². The molecule has 94 heavy (non-hydrogen) atoms. The Hall–Kier alpha value is 2.16. The molecule has 0 aromatic carbocycles. The average molecular weight is 1710 g/mol. The maximum Gasteiger partial charge on any atom is 0.355 e. The molecule has 0 saturated heterocycles. The molecule has 0 spiro atoms. The summed E-state index contributed by atoms with van der Waals surface area (Å²) in [5.41, 5.74) is -24.1. The van der Waals surface area contributed by atoms with Crippen molar-refractivity contribution < 1.29 is 230 Å². The van der Waals surface area contributed by atoms with E-state index in [1.165, 1.54) is 0 Å². The Morgan fingerprint density at radius 1 is 0.191 bits per heavy atom. The highest BCUT2D eigenvalue weighted by Crippen LogP contribution is 2.73. The Labute approximate surface area is 526 Å². The Morgan fingerprint density at radius 2 is 0.277 bits per heavy atom. The van der Waals surface area contributed by atoms with E-state index in [0.717, 1.165) is 0 Å². The zero-order chi connectivity index (χ0) is 75.8. The van der Waals surface area contributed by atoms with Gasteiger partial charge in [0.05, 0.1) is 0 Å². The monoisotopic (exact) mass is 1710 g/mol. The second-order valence-electron chi connectivity index (χ2n) is 20.8. The summed E-state index contributed by atoms with van der Waals surface area (Å²) in [7, 11) is -107. The van der Waals surface area contributed by atoms with E-state index in [9.17, 15) is 230 Å². The summed E-state index contributed by atoms with van der Waals surface area (Å²) in [5.74, 6) is 0. The molecule has 0 fully saturated rings. The van der Waals surface area contributed by atoms with Gasteiger partial charge < -0.3 is 168 Å². The molecule has 0 rings (SSSR count). The van der Waals surface area contributed by atoms with Gasteiger partial charge in [-0.05, 0) is 64.2 Å². The minimum atomic E-state index is -6.69. The van der Waals surface area contributed by atoms with Crippen LogP contribution in [0.15, 0.2) is 0 Å². The van der Waals surface area contributed by atoms with E-state index in [1.807, 2.05) is 0 Å². The van der Waals surface area contributed by atoms with Crippen molar-refractivity contribution in [2.45, 2.75) is 119 Å². The Bertz CT molecular complexity index is 2620.